The van der Waals surface area contributed by atoms with Gasteiger partial charge in [-0.2, -0.15) is 0 Å². The molecule has 0 aliphatic heterocycles. The molecular formula is C19H18F2N4OS. The van der Waals surface area contributed by atoms with Crippen LogP contribution in [-0.2, 0) is 17.8 Å². The third-order valence-electron chi connectivity index (χ3n) is 3.92. The molecule has 1 heterocycles. The lowest BCUT2D eigenvalue weighted by molar-refractivity contribution is -0.119. The minimum absolute atomic E-state index is 0.202. The number of aromatic nitrogens is 2. The zero-order valence-electron chi connectivity index (χ0n) is 14.6. The number of carbonyl (C=O) groups excluding carboxylic acids is 1. The Balaban J connectivity index is 1.86. The van der Waals surface area contributed by atoms with Crippen LogP contribution in [0.1, 0.15) is 29.1 Å². The van der Waals surface area contributed by atoms with Crippen LogP contribution >= 0.6 is 11.3 Å². The normalized spacial score (nSPS) is 12.0. The van der Waals surface area contributed by atoms with Crippen molar-refractivity contribution < 1.29 is 13.6 Å². The van der Waals surface area contributed by atoms with Crippen molar-refractivity contribution in [1.82, 2.24) is 15.5 Å². The fourth-order valence-electron chi connectivity index (χ4n) is 2.66. The van der Waals surface area contributed by atoms with Crippen molar-refractivity contribution in [2.24, 2.45) is 5.73 Å². The molecule has 1 amide bonds. The molecule has 1 atom stereocenters. The van der Waals surface area contributed by atoms with Gasteiger partial charge in [-0.25, -0.2) is 8.78 Å². The second-order valence-corrected chi connectivity index (χ2v) is 7.09. The topological polar surface area (TPSA) is 80.9 Å². The van der Waals surface area contributed by atoms with Crippen LogP contribution in [0.3, 0.4) is 0 Å². The van der Waals surface area contributed by atoms with Gasteiger partial charge in [0.15, 0.2) is 0 Å². The first-order chi connectivity index (χ1) is 12.9. The van der Waals surface area contributed by atoms with E-state index in [4.69, 9.17) is 5.73 Å². The highest BCUT2D eigenvalue weighted by Crippen LogP contribution is 2.29. The third kappa shape index (κ3) is 4.93. The summed E-state index contributed by atoms with van der Waals surface area (Å²) in [5.74, 6) is -1.56. The van der Waals surface area contributed by atoms with Crippen LogP contribution in [0.4, 0.5) is 8.78 Å². The van der Waals surface area contributed by atoms with Crippen molar-refractivity contribution in [3.05, 3.63) is 70.2 Å². The van der Waals surface area contributed by atoms with Crippen molar-refractivity contribution in [2.75, 3.05) is 0 Å². The number of halogens is 2. The Morgan fingerprint density at radius 2 is 1.74 bits per heavy atom. The number of amides is 1. The Morgan fingerprint density at radius 1 is 1.11 bits per heavy atom. The largest absolute Gasteiger partial charge is 0.347 e. The number of nitrogens with one attached hydrogen (secondary N) is 1. The molecule has 3 N–H and O–H groups in total. The summed E-state index contributed by atoms with van der Waals surface area (Å²) in [5.41, 5.74) is 7.94. The first-order valence-electron chi connectivity index (χ1n) is 8.29. The number of rotatable bonds is 6. The molecule has 0 saturated heterocycles. The molecule has 1 aromatic heterocycles. The smallest absolute Gasteiger partial charge is 0.217 e. The fourth-order valence-corrected chi connectivity index (χ4v) is 3.54. The van der Waals surface area contributed by atoms with Crippen molar-refractivity contribution in [3.63, 3.8) is 0 Å². The lowest BCUT2D eigenvalue weighted by Gasteiger charge is -2.15. The molecule has 3 aromatic rings. The van der Waals surface area contributed by atoms with E-state index in [0.29, 0.717) is 28.5 Å². The lowest BCUT2D eigenvalue weighted by Crippen LogP contribution is -2.27. The van der Waals surface area contributed by atoms with Gasteiger partial charge in [-0.05, 0) is 29.7 Å². The molecule has 0 spiro atoms. The van der Waals surface area contributed by atoms with E-state index in [-0.39, 0.29) is 5.91 Å². The van der Waals surface area contributed by atoms with Gasteiger partial charge in [0.25, 0.3) is 0 Å². The molecule has 0 fully saturated rings. The van der Waals surface area contributed by atoms with Crippen LogP contribution in [0.15, 0.2) is 42.5 Å². The van der Waals surface area contributed by atoms with E-state index in [2.05, 4.69) is 15.5 Å². The van der Waals surface area contributed by atoms with Crippen LogP contribution in [-0.4, -0.2) is 16.1 Å². The number of nitrogens with zero attached hydrogens (tertiary/aromatic N) is 2. The molecule has 0 saturated carbocycles. The number of carbonyl (C=O) groups is 1. The van der Waals surface area contributed by atoms with Crippen LogP contribution < -0.4 is 11.1 Å². The fraction of sp³-hybridized carbons (Fsp3) is 0.211. The molecule has 0 aliphatic carbocycles. The number of hydrogen-bond donors (Lipinski definition) is 2. The zero-order chi connectivity index (χ0) is 19.4. The van der Waals surface area contributed by atoms with Crippen LogP contribution in [0.5, 0.6) is 0 Å². The van der Waals surface area contributed by atoms with Gasteiger partial charge in [0.2, 0.25) is 5.91 Å². The number of benzene rings is 2. The monoisotopic (exact) mass is 388 g/mol. The highest BCUT2D eigenvalue weighted by molar-refractivity contribution is 7.14. The highest BCUT2D eigenvalue weighted by atomic mass is 32.1. The van der Waals surface area contributed by atoms with Crippen LogP contribution in [0, 0.1) is 11.6 Å². The molecule has 140 valence electrons. The van der Waals surface area contributed by atoms with Crippen molar-refractivity contribution >= 4 is 17.2 Å². The van der Waals surface area contributed by atoms with Gasteiger partial charge in [0.1, 0.15) is 21.6 Å². The predicted molar refractivity (Wildman–Crippen MR) is 99.9 cm³/mol. The summed E-state index contributed by atoms with van der Waals surface area (Å²) in [6, 6.07) is 10.6. The van der Waals surface area contributed by atoms with E-state index in [1.165, 1.54) is 30.4 Å². The Kier molecular flexibility index (Phi) is 5.88. The molecule has 27 heavy (non-hydrogen) atoms. The summed E-state index contributed by atoms with van der Waals surface area (Å²) in [4.78, 5) is 11.6. The minimum Gasteiger partial charge on any atom is -0.347 e. The van der Waals surface area contributed by atoms with Gasteiger partial charge in [0.05, 0.1) is 6.04 Å². The Bertz CT molecular complexity index is 923. The van der Waals surface area contributed by atoms with Gasteiger partial charge in [-0.1, -0.05) is 35.6 Å². The molecule has 1 unspecified atom stereocenters. The van der Waals surface area contributed by atoms with Crippen LogP contribution in [0.25, 0.3) is 10.6 Å². The first kappa shape index (κ1) is 19.1. The molecule has 5 nitrogen and oxygen atoms in total. The second-order valence-electron chi connectivity index (χ2n) is 6.08. The standard InChI is InChI=1S/C19H18F2N4OS/c1-11(26)23-17(6-12-2-4-13(10-22)5-3-12)19-25-24-18(27-19)14-7-15(20)9-16(21)8-14/h2-5,7-9,17H,6,10,22H2,1H3,(H,23,26). The van der Waals surface area contributed by atoms with Crippen molar-refractivity contribution in [2.45, 2.75) is 25.9 Å². The van der Waals surface area contributed by atoms with Gasteiger partial charge in [-0.15, -0.1) is 10.2 Å². The van der Waals surface area contributed by atoms with Gasteiger partial charge >= 0.3 is 0 Å². The highest BCUT2D eigenvalue weighted by Gasteiger charge is 2.20. The van der Waals surface area contributed by atoms with Gasteiger partial charge < -0.3 is 11.1 Å². The molecule has 2 aromatic carbocycles. The molecule has 0 aliphatic rings. The van der Waals surface area contributed by atoms with Gasteiger partial charge in [-0.3, -0.25) is 4.79 Å². The SMILES string of the molecule is CC(=O)NC(Cc1ccc(CN)cc1)c1nnc(-c2cc(F)cc(F)c2)s1. The van der Waals surface area contributed by atoms with E-state index >= 15 is 0 Å². The summed E-state index contributed by atoms with van der Waals surface area (Å²) in [7, 11) is 0. The Hall–Kier alpha value is -2.71. The van der Waals surface area contributed by atoms with E-state index in [1.807, 2.05) is 24.3 Å². The van der Waals surface area contributed by atoms with Gasteiger partial charge in [0, 0.05) is 25.1 Å². The second kappa shape index (κ2) is 8.32. The number of nitrogens with two attached hydrogens (primary N) is 1. The lowest BCUT2D eigenvalue weighted by atomic mass is 10.0. The number of hydrogen-bond acceptors (Lipinski definition) is 5. The van der Waals surface area contributed by atoms with E-state index in [9.17, 15) is 13.6 Å². The van der Waals surface area contributed by atoms with Crippen molar-refractivity contribution in [1.29, 1.82) is 0 Å². The Morgan fingerprint density at radius 3 is 2.33 bits per heavy atom. The summed E-state index contributed by atoms with van der Waals surface area (Å²) in [6.07, 6.45) is 0.510. The summed E-state index contributed by atoms with van der Waals surface area (Å²) < 4.78 is 26.9. The zero-order valence-corrected chi connectivity index (χ0v) is 15.4. The average molecular weight is 388 g/mol. The average Bonchev–Trinajstić information content (AvgIpc) is 3.11. The molecule has 0 radical (unpaired) electrons. The van der Waals surface area contributed by atoms with E-state index in [0.717, 1.165) is 17.2 Å². The summed E-state index contributed by atoms with van der Waals surface area (Å²) >= 11 is 1.19. The maximum atomic E-state index is 13.5. The van der Waals surface area contributed by atoms with E-state index in [1.54, 1.807) is 0 Å². The quantitative estimate of drug-likeness (QED) is 0.679. The third-order valence-corrected chi connectivity index (χ3v) is 5.01. The molecular weight excluding hydrogens is 370 g/mol. The maximum Gasteiger partial charge on any atom is 0.217 e. The van der Waals surface area contributed by atoms with Crippen LogP contribution in [0.2, 0.25) is 0 Å². The summed E-state index contributed by atoms with van der Waals surface area (Å²) in [5, 5.41) is 12.0. The summed E-state index contributed by atoms with van der Waals surface area (Å²) in [6.45, 7) is 1.88. The first-order valence-corrected chi connectivity index (χ1v) is 9.11. The molecule has 8 heteroatoms. The molecule has 3 rings (SSSR count). The van der Waals surface area contributed by atoms with Crippen molar-refractivity contribution in [3.8, 4) is 10.6 Å². The Labute approximate surface area is 159 Å². The maximum absolute atomic E-state index is 13.5. The minimum atomic E-state index is -0.680. The predicted octanol–water partition coefficient (Wildman–Crippen LogP) is 3.36. The van der Waals surface area contributed by atoms with E-state index < -0.39 is 17.7 Å². The molecule has 0 bridgehead atoms.